The molecule has 4 atom stereocenters. The van der Waals surface area contributed by atoms with E-state index in [0.29, 0.717) is 29.3 Å². The molecule has 1 N–H and O–H groups in total. The van der Waals surface area contributed by atoms with E-state index in [1.165, 1.54) is 42.4 Å². The molecule has 0 bridgehead atoms. The molecule has 0 spiro atoms. The van der Waals surface area contributed by atoms with E-state index < -0.39 is 29.1 Å². The largest absolute Gasteiger partial charge is 0.472 e. The van der Waals surface area contributed by atoms with Gasteiger partial charge in [-0.25, -0.2) is 0 Å². The van der Waals surface area contributed by atoms with Gasteiger partial charge in [-0.3, -0.25) is 32.2 Å². The van der Waals surface area contributed by atoms with E-state index in [2.05, 4.69) is 82.8 Å². The summed E-state index contributed by atoms with van der Waals surface area (Å²) in [4.78, 5) is 40.4. The van der Waals surface area contributed by atoms with Crippen molar-refractivity contribution in [1.29, 1.82) is 0 Å². The van der Waals surface area contributed by atoms with Crippen LogP contribution >= 0.6 is 16.6 Å². The molecule has 0 amide bonds. The van der Waals surface area contributed by atoms with Crippen LogP contribution in [-0.4, -0.2) is 81.0 Å². The number of carbonyl (C=O) groups is 3. The van der Waals surface area contributed by atoms with Crippen LogP contribution in [-0.2, 0) is 51.5 Å². The molecule has 4 unspecified atom stereocenters. The van der Waals surface area contributed by atoms with Crippen molar-refractivity contribution in [3.8, 4) is 0 Å². The average Bonchev–Trinajstić information content (AvgIpc) is 3.39. The Labute approximate surface area is 426 Å². The molecule has 1 aromatic carbocycles. The number of quaternary nitrogens is 1. The molecule has 3 fully saturated rings. The highest BCUT2D eigenvalue weighted by atomic mass is 31.2. The van der Waals surface area contributed by atoms with Gasteiger partial charge in [0.2, 0.25) is 13.5 Å². The van der Waals surface area contributed by atoms with Crippen molar-refractivity contribution in [3.63, 3.8) is 0 Å². The maximum absolute atomic E-state index is 14.4. The highest BCUT2D eigenvalue weighted by molar-refractivity contribution is 7.54. The first-order valence-corrected chi connectivity index (χ1v) is 28.9. The normalized spacial score (nSPS) is 18.1. The van der Waals surface area contributed by atoms with Crippen LogP contribution in [0.4, 0.5) is 0 Å². The first kappa shape index (κ1) is 65.1. The van der Waals surface area contributed by atoms with Crippen molar-refractivity contribution >= 4 is 40.9 Å². The zero-order chi connectivity index (χ0) is 52.2. The number of hydrogen-bond donors (Lipinski definition) is 1. The van der Waals surface area contributed by atoms with E-state index in [9.17, 15) is 14.2 Å². The summed E-state index contributed by atoms with van der Waals surface area (Å²) in [5, 5.41) is 0. The number of esters is 2. The summed E-state index contributed by atoms with van der Waals surface area (Å²) in [5.41, 5.74) is 3.29. The monoisotopic (exact) mass is 1020 g/mol. The van der Waals surface area contributed by atoms with Gasteiger partial charge in [-0.2, -0.15) is 0 Å². The van der Waals surface area contributed by atoms with Crippen molar-refractivity contribution < 1.29 is 60.8 Å². The van der Waals surface area contributed by atoms with Crippen LogP contribution in [0.5, 0.6) is 0 Å². The fourth-order valence-electron chi connectivity index (χ4n) is 9.33. The topological polar surface area (TPSA) is 153 Å². The zero-order valence-electron chi connectivity index (χ0n) is 44.8. The third kappa shape index (κ3) is 25.7. The molecule has 0 aromatic heterocycles. The van der Waals surface area contributed by atoms with E-state index >= 15 is 0 Å². The first-order chi connectivity index (χ1) is 33.8. The SMILES string of the molecule is C=C(OCOP(=O)(OCOC(=O)C1CCCCC1)C(C)CCC[N+](C)(C/C=C(\C)c1ccccc1C)COC(=C)C1CCCCC1)C(CCC)CCC.C=O.CC.O=C(OCOPO)C1CCCCC1. The summed E-state index contributed by atoms with van der Waals surface area (Å²) in [6.45, 7) is 26.3. The smallest absolute Gasteiger partial charge is 0.339 e. The molecule has 3 aliphatic carbocycles. The Kier molecular flexibility index (Phi) is 36.0. The van der Waals surface area contributed by atoms with Gasteiger partial charge in [0.25, 0.3) is 0 Å². The number of allylic oxidation sites excluding steroid dienone is 3. The van der Waals surface area contributed by atoms with Gasteiger partial charge in [0, 0.05) is 11.8 Å². The maximum Gasteiger partial charge on any atom is 0.339 e. The fourth-order valence-corrected chi connectivity index (χ4v) is 10.9. The zero-order valence-corrected chi connectivity index (χ0v) is 46.7. The molecule has 402 valence electrons. The van der Waals surface area contributed by atoms with Gasteiger partial charge in [-0.1, -0.05) is 143 Å². The molecular weight excluding hydrogens is 929 g/mol. The lowest BCUT2D eigenvalue weighted by molar-refractivity contribution is -0.921. The number of carbonyl (C=O) groups excluding carboxylic acids is 3. The van der Waals surface area contributed by atoms with E-state index in [1.807, 2.05) is 27.6 Å². The maximum atomic E-state index is 14.4. The Morgan fingerprint density at radius 2 is 1.26 bits per heavy atom. The first-order valence-electron chi connectivity index (χ1n) is 26.5. The molecule has 3 saturated carbocycles. The summed E-state index contributed by atoms with van der Waals surface area (Å²) >= 11 is 0. The number of likely N-dealkylation sites (N-methyl/N-ethyl adjacent to an activating group) is 1. The molecule has 3 aliphatic rings. The molecule has 1 aromatic rings. The number of rotatable bonds is 29. The Balaban J connectivity index is 0.00000122. The van der Waals surface area contributed by atoms with Gasteiger partial charge in [0.05, 0.1) is 42.6 Å². The predicted molar refractivity (Wildman–Crippen MR) is 284 cm³/mol. The van der Waals surface area contributed by atoms with Crippen molar-refractivity contribution in [2.45, 2.75) is 189 Å². The molecular formula is C55H96NO12P2+. The van der Waals surface area contributed by atoms with E-state index in [-0.39, 0.29) is 43.3 Å². The number of aryl methyl sites for hydroxylation is 1. The van der Waals surface area contributed by atoms with Crippen molar-refractivity contribution in [2.24, 2.45) is 23.7 Å². The molecule has 0 aliphatic heterocycles. The lowest BCUT2D eigenvalue weighted by Crippen LogP contribution is -2.47. The van der Waals surface area contributed by atoms with Crippen molar-refractivity contribution in [3.05, 3.63) is 66.1 Å². The van der Waals surface area contributed by atoms with Gasteiger partial charge in [0.15, 0.2) is 22.6 Å². The number of benzene rings is 1. The molecule has 0 heterocycles. The molecule has 13 nitrogen and oxygen atoms in total. The number of hydrogen-bond acceptors (Lipinski definition) is 12. The average molecular weight is 1030 g/mol. The second-order valence-corrected chi connectivity index (χ2v) is 22.1. The number of ether oxygens (including phenoxy) is 4. The van der Waals surface area contributed by atoms with E-state index in [0.717, 1.165) is 122 Å². The van der Waals surface area contributed by atoms with Crippen LogP contribution in [0.1, 0.15) is 188 Å². The Morgan fingerprint density at radius 3 is 1.76 bits per heavy atom. The summed E-state index contributed by atoms with van der Waals surface area (Å²) in [7, 11) is -2.13. The summed E-state index contributed by atoms with van der Waals surface area (Å²) in [5.74, 6) is 1.65. The van der Waals surface area contributed by atoms with Gasteiger partial charge < -0.3 is 28.6 Å². The molecule has 70 heavy (non-hydrogen) atoms. The predicted octanol–water partition coefficient (Wildman–Crippen LogP) is 14.5. The third-order valence-corrected chi connectivity index (χ3v) is 16.2. The minimum absolute atomic E-state index is 0.0550. The second-order valence-electron chi connectivity index (χ2n) is 19.2. The Hall–Kier alpha value is -2.89. The minimum atomic E-state index is -3.74. The molecule has 0 radical (unpaired) electrons. The molecule has 15 heteroatoms. The van der Waals surface area contributed by atoms with Crippen LogP contribution in [0.2, 0.25) is 0 Å². The third-order valence-electron chi connectivity index (χ3n) is 13.7. The van der Waals surface area contributed by atoms with Gasteiger partial charge in [0.1, 0.15) is 13.3 Å². The Bertz CT molecular complexity index is 1670. The van der Waals surface area contributed by atoms with Crippen LogP contribution < -0.4 is 0 Å². The highest BCUT2D eigenvalue weighted by Crippen LogP contribution is 2.54. The standard InChI is InChI=1S/C44H73NO7P.C8H15O4P.C2H6.CH2O/c1-9-20-40(21-10-2)39(7)49-33-51-53(47,52-34-50-44(46)42-26-15-12-16-27-42)37(5)23-19-30-45(8,32-48-38(6)41-24-13-11-14-25-41)31-29-36(4)43-28-18-17-22-35(43)3;9-8(11-6-12-13-10)7-4-2-1-3-5-7;2*1-2/h17-18,22,28-29,37,40-42H,6-7,9-16,19-21,23-27,30-34H2,1-5,8H3;7,10,13H,1-6H2;1-2H3;1H2/q+1;;;/b36-29+;;;. The highest BCUT2D eigenvalue weighted by Gasteiger charge is 2.35. The van der Waals surface area contributed by atoms with Crippen molar-refractivity contribution in [1.82, 2.24) is 0 Å². The molecule has 4 rings (SSSR count). The van der Waals surface area contributed by atoms with Gasteiger partial charge >= 0.3 is 19.5 Å². The van der Waals surface area contributed by atoms with Crippen LogP contribution in [0, 0.1) is 30.6 Å². The Morgan fingerprint density at radius 1 is 0.771 bits per heavy atom. The van der Waals surface area contributed by atoms with Gasteiger partial charge in [-0.05, 0) is 101 Å². The quantitative estimate of drug-likeness (QED) is 0.0203. The van der Waals surface area contributed by atoms with Gasteiger partial charge in [-0.15, -0.1) is 0 Å². The lowest BCUT2D eigenvalue weighted by atomic mass is 9.88. The van der Waals surface area contributed by atoms with E-state index in [1.54, 1.807) is 0 Å². The van der Waals surface area contributed by atoms with Crippen molar-refractivity contribution in [2.75, 3.05) is 47.2 Å². The van der Waals surface area contributed by atoms with E-state index in [4.69, 9.17) is 37.7 Å². The summed E-state index contributed by atoms with van der Waals surface area (Å²) in [6.07, 6.45) is 23.8. The lowest BCUT2D eigenvalue weighted by Gasteiger charge is -2.35. The summed E-state index contributed by atoms with van der Waals surface area (Å²) in [6, 6.07) is 8.48. The second kappa shape index (κ2) is 38.7. The van der Waals surface area contributed by atoms with Crippen LogP contribution in [0.15, 0.2) is 55.0 Å². The number of nitrogens with zero attached hydrogens (tertiary/aromatic N) is 1. The van der Waals surface area contributed by atoms with Crippen LogP contribution in [0.25, 0.3) is 5.57 Å². The molecule has 0 saturated heterocycles. The minimum Gasteiger partial charge on any atom is -0.472 e. The summed E-state index contributed by atoms with van der Waals surface area (Å²) < 4.78 is 54.2. The fraction of sp³-hybridized carbons (Fsp3) is 0.727. The van der Waals surface area contributed by atoms with Crippen LogP contribution in [0.3, 0.4) is 0 Å².